The SMILES string of the molecule is CCCCCCCCC(NC)C1Cc2ccccc2S1. The Hall–Kier alpha value is -0.470. The molecule has 1 aromatic rings. The summed E-state index contributed by atoms with van der Waals surface area (Å²) in [5.41, 5.74) is 1.55. The molecule has 20 heavy (non-hydrogen) atoms. The molecule has 0 fully saturated rings. The van der Waals surface area contributed by atoms with Gasteiger partial charge in [-0.2, -0.15) is 0 Å². The van der Waals surface area contributed by atoms with Gasteiger partial charge < -0.3 is 5.32 Å². The largest absolute Gasteiger partial charge is 0.316 e. The quantitative estimate of drug-likeness (QED) is 0.640. The number of thioether (sulfide) groups is 1. The maximum atomic E-state index is 3.56. The Morgan fingerprint density at radius 3 is 2.65 bits per heavy atom. The predicted octanol–water partition coefficient (Wildman–Crippen LogP) is 5.04. The van der Waals surface area contributed by atoms with E-state index in [4.69, 9.17) is 0 Å². The summed E-state index contributed by atoms with van der Waals surface area (Å²) in [5.74, 6) is 0. The second kappa shape index (κ2) is 8.74. The van der Waals surface area contributed by atoms with Gasteiger partial charge in [-0.25, -0.2) is 0 Å². The fraction of sp³-hybridized carbons (Fsp3) is 0.667. The highest BCUT2D eigenvalue weighted by Crippen LogP contribution is 2.39. The number of hydrogen-bond acceptors (Lipinski definition) is 2. The molecule has 0 aliphatic carbocycles. The van der Waals surface area contributed by atoms with Crippen molar-refractivity contribution in [2.24, 2.45) is 0 Å². The molecule has 1 aromatic carbocycles. The van der Waals surface area contributed by atoms with E-state index in [1.807, 2.05) is 0 Å². The Morgan fingerprint density at radius 2 is 1.90 bits per heavy atom. The number of hydrogen-bond donors (Lipinski definition) is 1. The third-order valence-electron chi connectivity index (χ3n) is 4.36. The van der Waals surface area contributed by atoms with Crippen molar-refractivity contribution in [3.8, 4) is 0 Å². The van der Waals surface area contributed by atoms with Crippen molar-refractivity contribution in [3.05, 3.63) is 29.8 Å². The topological polar surface area (TPSA) is 12.0 Å². The second-order valence-corrected chi connectivity index (χ2v) is 7.20. The number of rotatable bonds is 9. The molecule has 0 radical (unpaired) electrons. The second-order valence-electron chi connectivity index (χ2n) is 5.92. The Balaban J connectivity index is 1.71. The Bertz CT molecular complexity index is 366. The van der Waals surface area contributed by atoms with Gasteiger partial charge in [0, 0.05) is 16.2 Å². The van der Waals surface area contributed by atoms with E-state index in [-0.39, 0.29) is 0 Å². The normalized spacial score (nSPS) is 19.0. The van der Waals surface area contributed by atoms with Crippen molar-refractivity contribution in [3.63, 3.8) is 0 Å². The zero-order chi connectivity index (χ0) is 14.2. The van der Waals surface area contributed by atoms with E-state index >= 15 is 0 Å². The maximum Gasteiger partial charge on any atom is 0.0289 e. The van der Waals surface area contributed by atoms with Gasteiger partial charge in [0.05, 0.1) is 0 Å². The van der Waals surface area contributed by atoms with Crippen LogP contribution in [0.2, 0.25) is 0 Å². The molecule has 1 nitrogen and oxygen atoms in total. The standard InChI is InChI=1S/C18H29NS/c1-3-4-5-6-7-8-12-16(19-2)18-14-15-11-9-10-13-17(15)20-18/h9-11,13,16,18-19H,3-8,12,14H2,1-2H3. The van der Waals surface area contributed by atoms with Crippen molar-refractivity contribution in [1.82, 2.24) is 5.32 Å². The van der Waals surface area contributed by atoms with Gasteiger partial charge in [-0.05, 0) is 31.5 Å². The van der Waals surface area contributed by atoms with Crippen LogP contribution in [0.15, 0.2) is 29.2 Å². The number of benzene rings is 1. The van der Waals surface area contributed by atoms with Crippen LogP contribution < -0.4 is 5.32 Å². The molecule has 0 amide bonds. The molecule has 2 atom stereocenters. The minimum Gasteiger partial charge on any atom is -0.316 e. The lowest BCUT2D eigenvalue weighted by molar-refractivity contribution is 0.469. The van der Waals surface area contributed by atoms with E-state index in [0.29, 0.717) is 6.04 Å². The van der Waals surface area contributed by atoms with Crippen LogP contribution in [0, 0.1) is 0 Å². The Labute approximate surface area is 128 Å². The molecule has 112 valence electrons. The lowest BCUT2D eigenvalue weighted by Gasteiger charge is -2.22. The van der Waals surface area contributed by atoms with E-state index in [9.17, 15) is 0 Å². The van der Waals surface area contributed by atoms with Crippen molar-refractivity contribution < 1.29 is 0 Å². The lowest BCUT2D eigenvalue weighted by Crippen LogP contribution is -2.35. The molecule has 1 N–H and O–H groups in total. The maximum absolute atomic E-state index is 3.56. The van der Waals surface area contributed by atoms with Crippen LogP contribution in [0.1, 0.15) is 57.4 Å². The first kappa shape index (κ1) is 15.9. The lowest BCUT2D eigenvalue weighted by atomic mass is 9.99. The zero-order valence-corrected chi connectivity index (χ0v) is 13.8. The van der Waals surface area contributed by atoms with Gasteiger partial charge in [-0.15, -0.1) is 11.8 Å². The third-order valence-corrected chi connectivity index (χ3v) is 5.81. The van der Waals surface area contributed by atoms with Crippen LogP contribution in [-0.4, -0.2) is 18.3 Å². The van der Waals surface area contributed by atoms with Gasteiger partial charge in [0.1, 0.15) is 0 Å². The minimum atomic E-state index is 0.665. The van der Waals surface area contributed by atoms with Gasteiger partial charge in [-0.1, -0.05) is 63.6 Å². The highest BCUT2D eigenvalue weighted by molar-refractivity contribution is 8.00. The first-order valence-electron chi connectivity index (χ1n) is 8.27. The summed E-state index contributed by atoms with van der Waals surface area (Å²) in [6.07, 6.45) is 10.9. The minimum absolute atomic E-state index is 0.665. The first-order valence-corrected chi connectivity index (χ1v) is 9.15. The highest BCUT2D eigenvalue weighted by atomic mass is 32.2. The molecule has 0 bridgehead atoms. The van der Waals surface area contributed by atoms with Gasteiger partial charge in [0.25, 0.3) is 0 Å². The summed E-state index contributed by atoms with van der Waals surface area (Å²) in [6.45, 7) is 2.28. The summed E-state index contributed by atoms with van der Waals surface area (Å²) in [7, 11) is 2.13. The molecule has 0 saturated heterocycles. The fourth-order valence-corrected chi connectivity index (χ4v) is 4.58. The molecule has 1 aliphatic heterocycles. The molecule has 0 spiro atoms. The molecule has 2 heteroatoms. The van der Waals surface area contributed by atoms with E-state index in [1.54, 1.807) is 5.56 Å². The monoisotopic (exact) mass is 291 g/mol. The van der Waals surface area contributed by atoms with Crippen LogP contribution >= 0.6 is 11.8 Å². The summed E-state index contributed by atoms with van der Waals surface area (Å²) in [6, 6.07) is 9.57. The third kappa shape index (κ3) is 4.53. The molecule has 2 rings (SSSR count). The first-order chi connectivity index (χ1) is 9.85. The molecule has 0 saturated carbocycles. The highest BCUT2D eigenvalue weighted by Gasteiger charge is 2.27. The summed E-state index contributed by atoms with van der Waals surface area (Å²) < 4.78 is 0. The molecule has 1 heterocycles. The summed E-state index contributed by atoms with van der Waals surface area (Å²) in [4.78, 5) is 1.50. The number of nitrogens with one attached hydrogen (secondary N) is 1. The van der Waals surface area contributed by atoms with Crippen LogP contribution in [0.3, 0.4) is 0 Å². The van der Waals surface area contributed by atoms with Gasteiger partial charge in [0.15, 0.2) is 0 Å². The summed E-state index contributed by atoms with van der Waals surface area (Å²) in [5, 5.41) is 4.29. The van der Waals surface area contributed by atoms with Crippen LogP contribution in [0.4, 0.5) is 0 Å². The van der Waals surface area contributed by atoms with Crippen molar-refractivity contribution in [2.45, 2.75) is 74.5 Å². The average molecular weight is 292 g/mol. The Morgan fingerprint density at radius 1 is 1.15 bits per heavy atom. The van der Waals surface area contributed by atoms with Gasteiger partial charge in [-0.3, -0.25) is 0 Å². The zero-order valence-electron chi connectivity index (χ0n) is 13.0. The van der Waals surface area contributed by atoms with Crippen molar-refractivity contribution in [1.29, 1.82) is 0 Å². The van der Waals surface area contributed by atoms with E-state index in [1.165, 1.54) is 56.3 Å². The number of unbranched alkanes of at least 4 members (excludes halogenated alkanes) is 5. The molecular formula is C18H29NS. The van der Waals surface area contributed by atoms with E-state index in [2.05, 4.69) is 55.3 Å². The summed E-state index contributed by atoms with van der Waals surface area (Å²) >= 11 is 2.08. The van der Waals surface area contributed by atoms with Crippen LogP contribution in [-0.2, 0) is 6.42 Å². The van der Waals surface area contributed by atoms with E-state index in [0.717, 1.165) is 5.25 Å². The van der Waals surface area contributed by atoms with Crippen LogP contribution in [0.25, 0.3) is 0 Å². The van der Waals surface area contributed by atoms with Gasteiger partial charge in [0.2, 0.25) is 0 Å². The van der Waals surface area contributed by atoms with Gasteiger partial charge >= 0.3 is 0 Å². The smallest absolute Gasteiger partial charge is 0.0289 e. The molecule has 2 unspecified atom stereocenters. The molecular weight excluding hydrogens is 262 g/mol. The van der Waals surface area contributed by atoms with Crippen molar-refractivity contribution in [2.75, 3.05) is 7.05 Å². The number of fused-ring (bicyclic) bond motifs is 1. The van der Waals surface area contributed by atoms with Crippen LogP contribution in [0.5, 0.6) is 0 Å². The van der Waals surface area contributed by atoms with Crippen molar-refractivity contribution >= 4 is 11.8 Å². The average Bonchev–Trinajstić information content (AvgIpc) is 2.90. The molecule has 0 aromatic heterocycles. The Kier molecular flexibility index (Phi) is 6.95. The predicted molar refractivity (Wildman–Crippen MR) is 90.6 cm³/mol. The van der Waals surface area contributed by atoms with E-state index < -0.39 is 0 Å². The fourth-order valence-electron chi connectivity index (χ4n) is 3.09. The molecule has 1 aliphatic rings.